The molecule has 0 aliphatic heterocycles. The molecule has 0 aliphatic carbocycles. The van der Waals surface area contributed by atoms with Crippen LogP contribution < -0.4 is 10.1 Å². The lowest BCUT2D eigenvalue weighted by molar-refractivity contribution is -0.143. The number of carbonyl (C=O) groups is 2. The monoisotopic (exact) mass is 410 g/mol. The van der Waals surface area contributed by atoms with Crippen molar-refractivity contribution in [3.8, 4) is 5.75 Å². The van der Waals surface area contributed by atoms with Crippen molar-refractivity contribution in [1.82, 2.24) is 10.2 Å². The minimum Gasteiger partial charge on any atom is -0.484 e. The van der Waals surface area contributed by atoms with Gasteiger partial charge < -0.3 is 15.0 Å². The largest absolute Gasteiger partial charge is 0.484 e. The Morgan fingerprint density at radius 2 is 1.70 bits per heavy atom. The van der Waals surface area contributed by atoms with Crippen molar-refractivity contribution in [1.29, 1.82) is 0 Å². The van der Waals surface area contributed by atoms with Gasteiger partial charge in [0.05, 0.1) is 0 Å². The molecular formula is C25H34N2O3. The summed E-state index contributed by atoms with van der Waals surface area (Å²) in [6.07, 6.45) is 1.37. The van der Waals surface area contributed by atoms with E-state index in [4.69, 9.17) is 4.74 Å². The predicted octanol–water partition coefficient (Wildman–Crippen LogP) is 4.40. The first kappa shape index (κ1) is 23.5. The maximum absolute atomic E-state index is 13.2. The number of hydrogen-bond acceptors (Lipinski definition) is 3. The zero-order valence-electron chi connectivity index (χ0n) is 18.8. The molecule has 0 saturated carbocycles. The zero-order chi connectivity index (χ0) is 22.1. The Hall–Kier alpha value is -2.82. The van der Waals surface area contributed by atoms with E-state index in [0.717, 1.165) is 23.1 Å². The van der Waals surface area contributed by atoms with Gasteiger partial charge in [-0.15, -0.1) is 0 Å². The highest BCUT2D eigenvalue weighted by molar-refractivity contribution is 5.88. The van der Waals surface area contributed by atoms with Crippen LogP contribution in [-0.4, -0.2) is 35.4 Å². The molecule has 162 valence electrons. The summed E-state index contributed by atoms with van der Waals surface area (Å²) in [5.74, 6) is 0.313. The average Bonchev–Trinajstić information content (AvgIpc) is 2.72. The Morgan fingerprint density at radius 1 is 1.00 bits per heavy atom. The van der Waals surface area contributed by atoms with Crippen LogP contribution in [-0.2, 0) is 16.1 Å². The van der Waals surface area contributed by atoms with Crippen LogP contribution in [0.5, 0.6) is 5.75 Å². The number of aryl methyl sites for hydroxylation is 2. The topological polar surface area (TPSA) is 58.6 Å². The van der Waals surface area contributed by atoms with Crippen LogP contribution in [0.4, 0.5) is 0 Å². The molecule has 0 heterocycles. The van der Waals surface area contributed by atoms with E-state index in [1.54, 1.807) is 4.90 Å². The fourth-order valence-electron chi connectivity index (χ4n) is 3.23. The number of benzene rings is 2. The van der Waals surface area contributed by atoms with Gasteiger partial charge in [-0.25, -0.2) is 0 Å². The minimum absolute atomic E-state index is 0.0614. The third-order valence-electron chi connectivity index (χ3n) is 5.21. The summed E-state index contributed by atoms with van der Waals surface area (Å²) in [5.41, 5.74) is 3.24. The fourth-order valence-corrected chi connectivity index (χ4v) is 3.23. The van der Waals surface area contributed by atoms with E-state index in [0.29, 0.717) is 18.7 Å². The Bertz CT molecular complexity index is 833. The van der Waals surface area contributed by atoms with Gasteiger partial charge in [0.15, 0.2) is 6.61 Å². The lowest BCUT2D eigenvalue weighted by atomic mass is 10.1. The third kappa shape index (κ3) is 6.90. The molecule has 1 N–H and O–H groups in total. The fraction of sp³-hybridized carbons (Fsp3) is 0.440. The highest BCUT2D eigenvalue weighted by Crippen LogP contribution is 2.16. The maximum Gasteiger partial charge on any atom is 0.261 e. The van der Waals surface area contributed by atoms with Gasteiger partial charge in [-0.3, -0.25) is 9.59 Å². The van der Waals surface area contributed by atoms with Crippen LogP contribution in [0.15, 0.2) is 48.5 Å². The Kier molecular flexibility index (Phi) is 8.90. The average molecular weight is 411 g/mol. The molecule has 0 unspecified atom stereocenters. The third-order valence-corrected chi connectivity index (χ3v) is 5.21. The summed E-state index contributed by atoms with van der Waals surface area (Å²) in [7, 11) is 0. The van der Waals surface area contributed by atoms with Gasteiger partial charge in [-0.2, -0.15) is 0 Å². The van der Waals surface area contributed by atoms with Gasteiger partial charge in [-0.1, -0.05) is 61.4 Å². The number of rotatable bonds is 10. The van der Waals surface area contributed by atoms with Gasteiger partial charge >= 0.3 is 0 Å². The van der Waals surface area contributed by atoms with E-state index in [1.807, 2.05) is 83.1 Å². The SMILES string of the molecule is CC[C@@H](C)NC(=O)[C@H](CC)N(Cc1cccc(C)c1)C(=O)COc1ccc(C)cc1. The molecule has 2 aromatic carbocycles. The first-order valence-corrected chi connectivity index (χ1v) is 10.7. The molecule has 30 heavy (non-hydrogen) atoms. The van der Waals surface area contributed by atoms with E-state index in [1.165, 1.54) is 0 Å². The molecular weight excluding hydrogens is 376 g/mol. The summed E-state index contributed by atoms with van der Waals surface area (Å²) in [6.45, 7) is 10.2. The maximum atomic E-state index is 13.2. The number of nitrogens with one attached hydrogen (secondary N) is 1. The van der Waals surface area contributed by atoms with Crippen LogP contribution in [0.2, 0.25) is 0 Å². The van der Waals surface area contributed by atoms with Crippen LogP contribution >= 0.6 is 0 Å². The van der Waals surface area contributed by atoms with Crippen LogP contribution in [0.1, 0.15) is 50.3 Å². The molecule has 0 bridgehead atoms. The Balaban J connectivity index is 2.20. The summed E-state index contributed by atoms with van der Waals surface area (Å²) in [4.78, 5) is 27.7. The van der Waals surface area contributed by atoms with Crippen molar-refractivity contribution >= 4 is 11.8 Å². The molecule has 0 saturated heterocycles. The number of carbonyl (C=O) groups excluding carboxylic acids is 2. The highest BCUT2D eigenvalue weighted by atomic mass is 16.5. The molecule has 5 heteroatoms. The van der Waals surface area contributed by atoms with Gasteiger partial charge in [0.2, 0.25) is 5.91 Å². The van der Waals surface area contributed by atoms with Crippen LogP contribution in [0, 0.1) is 13.8 Å². The second-order valence-corrected chi connectivity index (χ2v) is 7.85. The lowest BCUT2D eigenvalue weighted by Gasteiger charge is -2.31. The normalized spacial score (nSPS) is 12.7. The summed E-state index contributed by atoms with van der Waals surface area (Å²) >= 11 is 0. The molecule has 0 aromatic heterocycles. The Morgan fingerprint density at radius 3 is 2.30 bits per heavy atom. The van der Waals surface area contributed by atoms with E-state index >= 15 is 0 Å². The second kappa shape index (κ2) is 11.4. The molecule has 0 radical (unpaired) electrons. The number of ether oxygens (including phenoxy) is 1. The van der Waals surface area contributed by atoms with E-state index in [9.17, 15) is 9.59 Å². The minimum atomic E-state index is -0.548. The van der Waals surface area contributed by atoms with Crippen LogP contribution in [0.3, 0.4) is 0 Å². The molecule has 0 aliphatic rings. The molecule has 2 aromatic rings. The van der Waals surface area contributed by atoms with Crippen LogP contribution in [0.25, 0.3) is 0 Å². The summed E-state index contributed by atoms with van der Waals surface area (Å²) in [6, 6.07) is 15.1. The van der Waals surface area contributed by atoms with Crippen molar-refractivity contribution in [3.63, 3.8) is 0 Å². The number of amides is 2. The van der Waals surface area contributed by atoms with Crippen molar-refractivity contribution in [2.75, 3.05) is 6.61 Å². The smallest absolute Gasteiger partial charge is 0.261 e. The van der Waals surface area contributed by atoms with Crippen molar-refractivity contribution in [2.45, 2.75) is 66.1 Å². The van der Waals surface area contributed by atoms with Gasteiger partial charge in [-0.05, 0) is 51.3 Å². The van der Waals surface area contributed by atoms with Crippen molar-refractivity contribution in [2.24, 2.45) is 0 Å². The molecule has 2 atom stereocenters. The number of hydrogen-bond donors (Lipinski definition) is 1. The van der Waals surface area contributed by atoms with Gasteiger partial charge in [0, 0.05) is 12.6 Å². The molecule has 2 amide bonds. The van der Waals surface area contributed by atoms with Gasteiger partial charge in [0.25, 0.3) is 5.91 Å². The van der Waals surface area contributed by atoms with Gasteiger partial charge in [0.1, 0.15) is 11.8 Å². The summed E-state index contributed by atoms with van der Waals surface area (Å²) < 4.78 is 5.72. The van der Waals surface area contributed by atoms with E-state index < -0.39 is 6.04 Å². The quantitative estimate of drug-likeness (QED) is 0.631. The van der Waals surface area contributed by atoms with E-state index in [-0.39, 0.29) is 24.5 Å². The predicted molar refractivity (Wildman–Crippen MR) is 120 cm³/mol. The lowest BCUT2D eigenvalue weighted by Crippen LogP contribution is -2.51. The molecule has 0 fully saturated rings. The second-order valence-electron chi connectivity index (χ2n) is 7.85. The Labute approximate surface area is 180 Å². The van der Waals surface area contributed by atoms with Crippen molar-refractivity contribution < 1.29 is 14.3 Å². The first-order chi connectivity index (χ1) is 14.3. The zero-order valence-corrected chi connectivity index (χ0v) is 18.8. The number of nitrogens with zero attached hydrogens (tertiary/aromatic N) is 1. The standard InChI is InChI=1S/C25H34N2O3/c1-6-20(5)26-25(29)23(7-2)27(16-21-10-8-9-19(4)15-21)24(28)17-30-22-13-11-18(3)12-14-22/h8-15,20,23H,6-7,16-17H2,1-5H3,(H,26,29)/t20-,23+/m1/s1. The highest BCUT2D eigenvalue weighted by Gasteiger charge is 2.29. The first-order valence-electron chi connectivity index (χ1n) is 10.7. The molecule has 5 nitrogen and oxygen atoms in total. The molecule has 2 rings (SSSR count). The molecule has 0 spiro atoms. The summed E-state index contributed by atoms with van der Waals surface area (Å²) in [5, 5.41) is 3.02. The van der Waals surface area contributed by atoms with E-state index in [2.05, 4.69) is 5.32 Å². The van der Waals surface area contributed by atoms with Crippen molar-refractivity contribution in [3.05, 3.63) is 65.2 Å².